The highest BCUT2D eigenvalue weighted by molar-refractivity contribution is 5.91. The summed E-state index contributed by atoms with van der Waals surface area (Å²) in [6.07, 6.45) is 12.9. The molecular weight excluding hydrogens is 584 g/mol. The average molecular weight is 633 g/mol. The van der Waals surface area contributed by atoms with Crippen LogP contribution < -0.4 is 14.2 Å². The Kier molecular flexibility index (Phi) is 13.2. The first-order chi connectivity index (χ1) is 22.2. The molecule has 4 rings (SSSR count). The Morgan fingerprint density at radius 3 is 1.98 bits per heavy atom. The van der Waals surface area contributed by atoms with Gasteiger partial charge in [0.15, 0.2) is 11.5 Å². The van der Waals surface area contributed by atoms with Gasteiger partial charge in [-0.25, -0.2) is 9.59 Å². The largest absolute Gasteiger partial charge is 0.423 e. The molecule has 0 atom stereocenters. The number of hydrogen-bond acceptors (Lipinski definition) is 8. The van der Waals surface area contributed by atoms with Gasteiger partial charge >= 0.3 is 17.9 Å². The Labute approximate surface area is 272 Å². The number of carbonyl (C=O) groups is 3. The molecule has 0 radical (unpaired) electrons. The molecule has 0 heterocycles. The van der Waals surface area contributed by atoms with Gasteiger partial charge in [0.05, 0.1) is 30.3 Å². The second-order valence-corrected chi connectivity index (χ2v) is 12.7. The number of ether oxygens (including phenoxy) is 4. The molecule has 2 aliphatic carbocycles. The maximum Gasteiger partial charge on any atom is 0.341 e. The lowest BCUT2D eigenvalue weighted by Gasteiger charge is -2.37. The molecule has 0 aliphatic heterocycles. The van der Waals surface area contributed by atoms with Crippen LogP contribution in [-0.2, 0) is 19.1 Å². The van der Waals surface area contributed by atoms with Crippen LogP contribution in [0, 0.1) is 23.7 Å². The molecule has 0 spiro atoms. The van der Waals surface area contributed by atoms with E-state index in [0.717, 1.165) is 43.1 Å². The van der Waals surface area contributed by atoms with Crippen molar-refractivity contribution in [1.29, 1.82) is 0 Å². The number of methoxy groups -OCH3 is 1. The van der Waals surface area contributed by atoms with Gasteiger partial charge in [-0.2, -0.15) is 0 Å². The third-order valence-electron chi connectivity index (χ3n) is 9.47. The summed E-state index contributed by atoms with van der Waals surface area (Å²) in [4.78, 5) is 38.0. The molecular formula is C38H48O8. The van der Waals surface area contributed by atoms with Crippen molar-refractivity contribution >= 4 is 17.9 Å². The molecule has 8 nitrogen and oxygen atoms in total. The molecule has 2 aromatic carbocycles. The van der Waals surface area contributed by atoms with Crippen LogP contribution in [0.4, 0.5) is 0 Å². The van der Waals surface area contributed by atoms with Crippen molar-refractivity contribution in [3.63, 3.8) is 0 Å². The quantitative estimate of drug-likeness (QED) is 0.129. The van der Waals surface area contributed by atoms with Gasteiger partial charge in [0.25, 0.3) is 0 Å². The minimum atomic E-state index is -0.807. The number of aliphatic hydroxyl groups is 1. The molecule has 0 saturated heterocycles. The van der Waals surface area contributed by atoms with Crippen molar-refractivity contribution in [2.24, 2.45) is 23.7 Å². The molecule has 0 amide bonds. The lowest BCUT2D eigenvalue weighted by Crippen LogP contribution is -2.30. The second kappa shape index (κ2) is 17.2. The van der Waals surface area contributed by atoms with Crippen molar-refractivity contribution < 1.29 is 38.4 Å². The van der Waals surface area contributed by atoms with Gasteiger partial charge in [0.1, 0.15) is 5.75 Å². The maximum absolute atomic E-state index is 13.4. The Bertz CT molecular complexity index is 1360. The second-order valence-electron chi connectivity index (χ2n) is 12.7. The fourth-order valence-electron chi connectivity index (χ4n) is 6.68. The Balaban J connectivity index is 1.42. The lowest BCUT2D eigenvalue weighted by molar-refractivity contribution is -0.141. The summed E-state index contributed by atoms with van der Waals surface area (Å²) in [5.74, 6) is 0.880. The molecule has 2 fully saturated rings. The lowest BCUT2D eigenvalue weighted by atomic mass is 9.68. The van der Waals surface area contributed by atoms with E-state index in [-0.39, 0.29) is 41.1 Å². The fourth-order valence-corrected chi connectivity index (χ4v) is 6.68. The van der Waals surface area contributed by atoms with Gasteiger partial charge < -0.3 is 24.1 Å². The number of esters is 3. The Hall–Kier alpha value is -3.75. The van der Waals surface area contributed by atoms with Gasteiger partial charge in [-0.05, 0) is 91.7 Å². The number of aliphatic hydroxyl groups excluding tert-OH is 1. The Morgan fingerprint density at radius 2 is 1.37 bits per heavy atom. The topological polar surface area (TPSA) is 108 Å². The van der Waals surface area contributed by atoms with Gasteiger partial charge in [-0.1, -0.05) is 70.4 Å². The number of carbonyl (C=O) groups excluding carboxylic acids is 3. The van der Waals surface area contributed by atoms with Crippen molar-refractivity contribution in [2.45, 2.75) is 77.6 Å². The van der Waals surface area contributed by atoms with E-state index in [0.29, 0.717) is 17.2 Å². The highest BCUT2D eigenvalue weighted by Crippen LogP contribution is 2.43. The van der Waals surface area contributed by atoms with Gasteiger partial charge in [0, 0.05) is 7.11 Å². The third kappa shape index (κ3) is 9.63. The molecule has 46 heavy (non-hydrogen) atoms. The standard InChI is InChI=1S/C38H48O8/c1-5-6-7-27-8-10-28(11-9-27)29-12-14-31(15-13-29)38(42)46-35-22-32(18-21-34(35)45-36(40)25(2)23-39)30-16-19-33(20-17-30)44-37(41)26(3)24-43-4/h16-22,27-29,31,39H,2-3,5-15,23-24H2,1,4H3. The van der Waals surface area contributed by atoms with Gasteiger partial charge in [0.2, 0.25) is 0 Å². The van der Waals surface area contributed by atoms with Crippen molar-refractivity contribution in [3.8, 4) is 28.4 Å². The zero-order chi connectivity index (χ0) is 33.1. The molecule has 8 heteroatoms. The Morgan fingerprint density at radius 1 is 0.761 bits per heavy atom. The summed E-state index contributed by atoms with van der Waals surface area (Å²) in [5.41, 5.74) is 1.54. The predicted octanol–water partition coefficient (Wildman–Crippen LogP) is 7.62. The third-order valence-corrected chi connectivity index (χ3v) is 9.47. The highest BCUT2D eigenvalue weighted by atomic mass is 16.6. The number of hydrogen-bond donors (Lipinski definition) is 1. The van der Waals surface area contributed by atoms with E-state index in [1.807, 2.05) is 0 Å². The summed E-state index contributed by atoms with van der Waals surface area (Å²) in [7, 11) is 1.47. The van der Waals surface area contributed by atoms with Crippen LogP contribution >= 0.6 is 0 Å². The summed E-state index contributed by atoms with van der Waals surface area (Å²) < 4.78 is 21.7. The van der Waals surface area contributed by atoms with Crippen LogP contribution in [0.5, 0.6) is 17.2 Å². The van der Waals surface area contributed by atoms with Crippen molar-refractivity contribution in [1.82, 2.24) is 0 Å². The van der Waals surface area contributed by atoms with Gasteiger partial charge in [-0.3, -0.25) is 4.79 Å². The average Bonchev–Trinajstić information content (AvgIpc) is 3.08. The van der Waals surface area contributed by atoms with Crippen LogP contribution in [0.2, 0.25) is 0 Å². The van der Waals surface area contributed by atoms with E-state index in [9.17, 15) is 19.5 Å². The first-order valence-corrected chi connectivity index (χ1v) is 16.6. The summed E-state index contributed by atoms with van der Waals surface area (Å²) in [6, 6.07) is 11.7. The van der Waals surface area contributed by atoms with Crippen LogP contribution in [-0.4, -0.2) is 43.3 Å². The molecule has 0 bridgehead atoms. The molecule has 2 saturated carbocycles. The van der Waals surface area contributed by atoms with Gasteiger partial charge in [-0.15, -0.1) is 0 Å². The van der Waals surface area contributed by atoms with E-state index in [2.05, 4.69) is 20.1 Å². The molecule has 1 N–H and O–H groups in total. The SMILES string of the molecule is C=C(COC)C(=O)Oc1ccc(-c2ccc(OC(=O)C(=C)CO)c(OC(=O)C3CCC(C4CCC(CCCC)CC4)CC3)c2)cc1. The first kappa shape index (κ1) is 35.1. The smallest absolute Gasteiger partial charge is 0.341 e. The van der Waals surface area contributed by atoms with Crippen molar-refractivity contribution in [3.05, 3.63) is 66.8 Å². The maximum atomic E-state index is 13.4. The minimum Gasteiger partial charge on any atom is -0.423 e. The van der Waals surface area contributed by atoms with E-state index >= 15 is 0 Å². The number of rotatable bonds is 14. The molecule has 248 valence electrons. The highest BCUT2D eigenvalue weighted by Gasteiger charge is 2.34. The number of unbranched alkanes of at least 4 members (excludes halogenated alkanes) is 1. The van der Waals surface area contributed by atoms with E-state index in [1.54, 1.807) is 42.5 Å². The normalized spacial score (nSPS) is 21.2. The van der Waals surface area contributed by atoms with Crippen molar-refractivity contribution in [2.75, 3.05) is 20.3 Å². The summed E-state index contributed by atoms with van der Waals surface area (Å²) in [5, 5.41) is 9.33. The van der Waals surface area contributed by atoms with Crippen LogP contribution in [0.3, 0.4) is 0 Å². The molecule has 0 aromatic heterocycles. The summed E-state index contributed by atoms with van der Waals surface area (Å²) in [6.45, 7) is 8.97. The zero-order valence-corrected chi connectivity index (χ0v) is 27.3. The minimum absolute atomic E-state index is 0.0624. The fraction of sp³-hybridized carbons (Fsp3) is 0.500. The molecule has 2 aromatic rings. The van der Waals surface area contributed by atoms with E-state index in [1.165, 1.54) is 52.1 Å². The van der Waals surface area contributed by atoms with E-state index in [4.69, 9.17) is 18.9 Å². The van der Waals surface area contributed by atoms with Crippen LogP contribution in [0.1, 0.15) is 77.6 Å². The predicted molar refractivity (Wildman–Crippen MR) is 176 cm³/mol. The summed E-state index contributed by atoms with van der Waals surface area (Å²) >= 11 is 0. The monoisotopic (exact) mass is 632 g/mol. The van der Waals surface area contributed by atoms with Crippen LogP contribution in [0.25, 0.3) is 11.1 Å². The first-order valence-electron chi connectivity index (χ1n) is 16.6. The molecule has 2 aliphatic rings. The number of benzene rings is 2. The molecule has 0 unspecified atom stereocenters. The zero-order valence-electron chi connectivity index (χ0n) is 27.3. The van der Waals surface area contributed by atoms with E-state index < -0.39 is 18.5 Å². The van der Waals surface area contributed by atoms with Crippen LogP contribution in [0.15, 0.2) is 66.8 Å².